The van der Waals surface area contributed by atoms with Crippen molar-refractivity contribution in [2.45, 2.75) is 19.9 Å². The van der Waals surface area contributed by atoms with Crippen LogP contribution in [0.1, 0.15) is 28.4 Å². The predicted octanol–water partition coefficient (Wildman–Crippen LogP) is 5.07. The summed E-state index contributed by atoms with van der Waals surface area (Å²) in [6.45, 7) is 2.84. The van der Waals surface area contributed by atoms with Gasteiger partial charge in [-0.3, -0.25) is 4.79 Å². The molecule has 1 radical (unpaired) electrons. The highest BCUT2D eigenvalue weighted by Crippen LogP contribution is 2.33. The second kappa shape index (κ2) is 6.61. The van der Waals surface area contributed by atoms with Crippen molar-refractivity contribution in [2.24, 2.45) is 5.73 Å². The van der Waals surface area contributed by atoms with Gasteiger partial charge in [0.1, 0.15) is 0 Å². The average Bonchev–Trinajstić information content (AvgIpc) is 2.95. The number of nitrogens with zero attached hydrogens (tertiary/aromatic N) is 1. The minimum absolute atomic E-state index is 0.412. The number of aromatic nitrogens is 1. The SMILES string of the molecule is CCc1c[c]c2c3c(C(N)=O)cccc3n(Cc3cccc(Br)c3)c2c1. The molecular formula is C22H18BrN2O. The summed E-state index contributed by atoms with van der Waals surface area (Å²) >= 11 is 3.54. The lowest BCUT2D eigenvalue weighted by Crippen LogP contribution is -2.11. The summed E-state index contributed by atoms with van der Waals surface area (Å²) in [5, 5.41) is 1.83. The summed E-state index contributed by atoms with van der Waals surface area (Å²) in [4.78, 5) is 12.0. The van der Waals surface area contributed by atoms with E-state index in [0.29, 0.717) is 12.1 Å². The van der Waals surface area contributed by atoms with Gasteiger partial charge in [0.25, 0.3) is 0 Å². The third-order valence-electron chi connectivity index (χ3n) is 4.76. The van der Waals surface area contributed by atoms with Crippen LogP contribution in [0.5, 0.6) is 0 Å². The normalized spacial score (nSPS) is 11.3. The number of fused-ring (bicyclic) bond motifs is 3. The highest BCUT2D eigenvalue weighted by atomic mass is 79.9. The van der Waals surface area contributed by atoms with E-state index in [9.17, 15) is 4.79 Å². The average molecular weight is 406 g/mol. The maximum Gasteiger partial charge on any atom is 0.249 e. The first-order chi connectivity index (χ1) is 12.6. The molecule has 0 aliphatic carbocycles. The van der Waals surface area contributed by atoms with E-state index in [4.69, 9.17) is 5.73 Å². The second-order valence-corrected chi connectivity index (χ2v) is 7.32. The number of rotatable bonds is 4. The van der Waals surface area contributed by atoms with Gasteiger partial charge in [0.2, 0.25) is 5.91 Å². The number of carbonyl (C=O) groups is 1. The zero-order valence-corrected chi connectivity index (χ0v) is 16.0. The predicted molar refractivity (Wildman–Crippen MR) is 109 cm³/mol. The van der Waals surface area contributed by atoms with Crippen LogP contribution < -0.4 is 5.73 Å². The maximum atomic E-state index is 12.0. The molecule has 4 rings (SSSR count). The molecule has 2 N–H and O–H groups in total. The number of carbonyl (C=O) groups excluding carboxylic acids is 1. The van der Waals surface area contributed by atoms with Crippen molar-refractivity contribution in [1.29, 1.82) is 0 Å². The molecule has 0 atom stereocenters. The molecule has 1 aromatic heterocycles. The Bertz CT molecular complexity index is 1140. The van der Waals surface area contributed by atoms with Crippen LogP contribution in [0, 0.1) is 6.07 Å². The molecule has 1 heterocycles. The van der Waals surface area contributed by atoms with Crippen LogP contribution in [0.15, 0.2) is 59.1 Å². The molecule has 0 fully saturated rings. The summed E-state index contributed by atoms with van der Waals surface area (Å²) in [7, 11) is 0. The molecule has 0 aliphatic heterocycles. The third-order valence-corrected chi connectivity index (χ3v) is 5.25. The van der Waals surface area contributed by atoms with Gasteiger partial charge in [-0.05, 0) is 53.9 Å². The molecule has 0 saturated carbocycles. The fraction of sp³-hybridized carbons (Fsp3) is 0.136. The number of hydrogen-bond acceptors (Lipinski definition) is 1. The first-order valence-electron chi connectivity index (χ1n) is 8.58. The fourth-order valence-electron chi connectivity index (χ4n) is 3.50. The number of halogens is 1. The van der Waals surface area contributed by atoms with Gasteiger partial charge >= 0.3 is 0 Å². The van der Waals surface area contributed by atoms with E-state index in [1.54, 1.807) is 6.07 Å². The third kappa shape index (κ3) is 2.80. The van der Waals surface area contributed by atoms with Crippen molar-refractivity contribution in [2.75, 3.05) is 0 Å². The molecule has 129 valence electrons. The largest absolute Gasteiger partial charge is 0.366 e. The van der Waals surface area contributed by atoms with E-state index >= 15 is 0 Å². The van der Waals surface area contributed by atoms with Gasteiger partial charge in [0.15, 0.2) is 0 Å². The number of benzene rings is 3. The maximum absolute atomic E-state index is 12.0. The molecule has 4 aromatic rings. The Morgan fingerprint density at radius 2 is 1.92 bits per heavy atom. The fourth-order valence-corrected chi connectivity index (χ4v) is 3.94. The molecule has 3 aromatic carbocycles. The Hall–Kier alpha value is -2.59. The minimum Gasteiger partial charge on any atom is -0.366 e. The van der Waals surface area contributed by atoms with Crippen LogP contribution in [0.2, 0.25) is 0 Å². The zero-order chi connectivity index (χ0) is 18.3. The van der Waals surface area contributed by atoms with Crippen LogP contribution in [0.25, 0.3) is 21.8 Å². The van der Waals surface area contributed by atoms with Crippen molar-refractivity contribution in [3.8, 4) is 0 Å². The highest BCUT2D eigenvalue weighted by Gasteiger charge is 2.17. The molecule has 0 aliphatic rings. The van der Waals surface area contributed by atoms with Gasteiger partial charge in [0.05, 0.1) is 11.0 Å². The van der Waals surface area contributed by atoms with Gasteiger partial charge in [0, 0.05) is 27.4 Å². The smallest absolute Gasteiger partial charge is 0.249 e. The van der Waals surface area contributed by atoms with E-state index in [-0.39, 0.29) is 0 Å². The minimum atomic E-state index is -0.412. The van der Waals surface area contributed by atoms with Gasteiger partial charge in [-0.1, -0.05) is 47.1 Å². The summed E-state index contributed by atoms with van der Waals surface area (Å²) in [5.41, 5.74) is 10.7. The van der Waals surface area contributed by atoms with Gasteiger partial charge in [-0.2, -0.15) is 0 Å². The number of primary amides is 1. The van der Waals surface area contributed by atoms with Crippen LogP contribution in [-0.2, 0) is 13.0 Å². The van der Waals surface area contributed by atoms with Crippen molar-refractivity contribution in [3.05, 3.63) is 81.8 Å². The standard InChI is InChI=1S/C22H18BrN2O/c1-2-14-9-10-17-20(12-14)25(13-15-5-3-6-16(23)11-15)19-8-4-7-18(21(17)19)22(24)26/h3-9,11-12H,2,13H2,1H3,(H2,24,26). The monoisotopic (exact) mass is 405 g/mol. The Balaban J connectivity index is 2.05. The van der Waals surface area contributed by atoms with E-state index in [2.05, 4.69) is 51.7 Å². The van der Waals surface area contributed by atoms with Gasteiger partial charge in [-0.15, -0.1) is 0 Å². The molecule has 0 saturated heterocycles. The first-order valence-corrected chi connectivity index (χ1v) is 9.37. The van der Waals surface area contributed by atoms with Crippen LogP contribution in [-0.4, -0.2) is 10.5 Å². The lowest BCUT2D eigenvalue weighted by atomic mass is 10.0. The summed E-state index contributed by atoms with van der Waals surface area (Å²) in [6.07, 6.45) is 0.938. The van der Waals surface area contributed by atoms with Crippen LogP contribution in [0.4, 0.5) is 0 Å². The number of amides is 1. The van der Waals surface area contributed by atoms with Crippen molar-refractivity contribution in [3.63, 3.8) is 0 Å². The Labute approximate surface area is 160 Å². The molecule has 4 heteroatoms. The molecule has 0 bridgehead atoms. The molecule has 3 nitrogen and oxygen atoms in total. The van der Waals surface area contributed by atoms with E-state index in [0.717, 1.165) is 32.7 Å². The van der Waals surface area contributed by atoms with E-state index < -0.39 is 5.91 Å². The number of aryl methyl sites for hydroxylation is 1. The van der Waals surface area contributed by atoms with Crippen LogP contribution >= 0.6 is 15.9 Å². The Morgan fingerprint density at radius 3 is 2.65 bits per heavy atom. The summed E-state index contributed by atoms with van der Waals surface area (Å²) in [6, 6.07) is 21.6. The van der Waals surface area contributed by atoms with Crippen molar-refractivity contribution >= 4 is 43.6 Å². The zero-order valence-electron chi connectivity index (χ0n) is 14.4. The summed E-state index contributed by atoms with van der Waals surface area (Å²) in [5.74, 6) is -0.412. The topological polar surface area (TPSA) is 48.0 Å². The second-order valence-electron chi connectivity index (χ2n) is 6.40. The molecular weight excluding hydrogens is 388 g/mol. The lowest BCUT2D eigenvalue weighted by molar-refractivity contribution is 0.100. The quantitative estimate of drug-likeness (QED) is 0.506. The summed E-state index contributed by atoms with van der Waals surface area (Å²) < 4.78 is 3.29. The van der Waals surface area contributed by atoms with E-state index in [1.807, 2.05) is 30.3 Å². The molecule has 26 heavy (non-hydrogen) atoms. The van der Waals surface area contributed by atoms with Crippen molar-refractivity contribution in [1.82, 2.24) is 4.57 Å². The molecule has 1 amide bonds. The lowest BCUT2D eigenvalue weighted by Gasteiger charge is -2.09. The Morgan fingerprint density at radius 1 is 1.12 bits per heavy atom. The Kier molecular flexibility index (Phi) is 4.29. The molecule has 0 unspecified atom stereocenters. The van der Waals surface area contributed by atoms with Crippen molar-refractivity contribution < 1.29 is 4.79 Å². The van der Waals surface area contributed by atoms with E-state index in [1.165, 1.54) is 11.1 Å². The van der Waals surface area contributed by atoms with Crippen LogP contribution in [0.3, 0.4) is 0 Å². The first kappa shape index (κ1) is 16.9. The highest BCUT2D eigenvalue weighted by molar-refractivity contribution is 9.10. The number of hydrogen-bond donors (Lipinski definition) is 1. The van der Waals surface area contributed by atoms with Gasteiger partial charge < -0.3 is 10.3 Å². The van der Waals surface area contributed by atoms with Gasteiger partial charge in [-0.25, -0.2) is 0 Å². The molecule has 0 spiro atoms. The number of nitrogens with two attached hydrogens (primary N) is 1.